The van der Waals surface area contributed by atoms with Crippen LogP contribution in [0.3, 0.4) is 0 Å². The van der Waals surface area contributed by atoms with E-state index in [0.29, 0.717) is 13.1 Å². The van der Waals surface area contributed by atoms with Crippen molar-refractivity contribution < 1.29 is 13.2 Å². The molecule has 1 aliphatic heterocycles. The number of hydrogen-bond acceptors (Lipinski definition) is 3. The van der Waals surface area contributed by atoms with Crippen LogP contribution in [-0.2, 0) is 15.0 Å². The Morgan fingerprint density at radius 3 is 2.25 bits per heavy atom. The Labute approximate surface area is 121 Å². The number of nitrogens with zero attached hydrogens (tertiary/aromatic N) is 1. The van der Waals surface area contributed by atoms with Crippen LogP contribution in [0.15, 0.2) is 0 Å². The van der Waals surface area contributed by atoms with Gasteiger partial charge in [0.15, 0.2) is 0 Å². The molecule has 0 spiro atoms. The molecule has 2 aliphatic rings. The summed E-state index contributed by atoms with van der Waals surface area (Å²) in [6.45, 7) is 0.953. The van der Waals surface area contributed by atoms with Crippen LogP contribution in [0.4, 0.5) is 0 Å². The molecule has 6 nitrogen and oxygen atoms in total. The van der Waals surface area contributed by atoms with E-state index in [2.05, 4.69) is 10.0 Å². The largest absolute Gasteiger partial charge is 0.352 e. The highest BCUT2D eigenvalue weighted by molar-refractivity contribution is 7.87. The number of amides is 1. The van der Waals surface area contributed by atoms with Gasteiger partial charge in [0.25, 0.3) is 10.2 Å². The zero-order valence-electron chi connectivity index (χ0n) is 11.9. The van der Waals surface area contributed by atoms with Crippen molar-refractivity contribution in [3.8, 4) is 0 Å². The Morgan fingerprint density at radius 1 is 1.00 bits per heavy atom. The second kappa shape index (κ2) is 7.38. The first kappa shape index (κ1) is 15.7. The van der Waals surface area contributed by atoms with Crippen molar-refractivity contribution in [3.63, 3.8) is 0 Å². The fourth-order valence-corrected chi connectivity index (χ4v) is 4.11. The van der Waals surface area contributed by atoms with E-state index in [4.69, 9.17) is 0 Å². The lowest BCUT2D eigenvalue weighted by Gasteiger charge is -2.26. The lowest BCUT2D eigenvalue weighted by Crippen LogP contribution is -2.48. The number of nitrogens with one attached hydrogen (secondary N) is 2. The summed E-state index contributed by atoms with van der Waals surface area (Å²) in [7, 11) is -3.50. The third kappa shape index (κ3) is 4.71. The van der Waals surface area contributed by atoms with E-state index in [1.165, 1.54) is 10.7 Å². The van der Waals surface area contributed by atoms with E-state index < -0.39 is 10.2 Å². The molecule has 1 saturated heterocycles. The zero-order chi connectivity index (χ0) is 14.4. The summed E-state index contributed by atoms with van der Waals surface area (Å²) in [5.41, 5.74) is 0. The summed E-state index contributed by atoms with van der Waals surface area (Å²) in [6, 6.07) is 0.218. The Hall–Kier alpha value is -0.660. The molecular weight excluding hydrogens is 278 g/mol. The minimum Gasteiger partial charge on any atom is -0.352 e. The molecule has 7 heteroatoms. The lowest BCUT2D eigenvalue weighted by atomic mass is 9.95. The third-order valence-corrected chi connectivity index (χ3v) is 5.59. The second-order valence-corrected chi connectivity index (χ2v) is 7.44. The van der Waals surface area contributed by atoms with Crippen molar-refractivity contribution in [2.75, 3.05) is 19.6 Å². The Balaban J connectivity index is 1.73. The van der Waals surface area contributed by atoms with Gasteiger partial charge in [-0.1, -0.05) is 25.7 Å². The van der Waals surface area contributed by atoms with E-state index >= 15 is 0 Å². The van der Waals surface area contributed by atoms with E-state index in [1.54, 1.807) is 0 Å². The predicted molar refractivity (Wildman–Crippen MR) is 77.4 cm³/mol. The van der Waals surface area contributed by atoms with Gasteiger partial charge in [-0.2, -0.15) is 17.4 Å². The number of carbonyl (C=O) groups is 1. The smallest absolute Gasteiger partial charge is 0.279 e. The van der Waals surface area contributed by atoms with Crippen molar-refractivity contribution in [1.82, 2.24) is 14.3 Å². The summed E-state index contributed by atoms with van der Waals surface area (Å²) in [6.07, 6.45) is 8.40. The quantitative estimate of drug-likeness (QED) is 0.787. The van der Waals surface area contributed by atoms with E-state index in [1.807, 2.05) is 0 Å². The van der Waals surface area contributed by atoms with Gasteiger partial charge in [-0.3, -0.25) is 4.79 Å². The molecule has 0 atom stereocenters. The molecule has 20 heavy (non-hydrogen) atoms. The molecule has 2 N–H and O–H groups in total. The van der Waals surface area contributed by atoms with Crippen LogP contribution in [0.25, 0.3) is 0 Å². The first-order valence-electron chi connectivity index (χ1n) is 7.62. The molecule has 1 amide bonds. The highest BCUT2D eigenvalue weighted by Crippen LogP contribution is 2.17. The van der Waals surface area contributed by atoms with Gasteiger partial charge in [-0.25, -0.2) is 0 Å². The van der Waals surface area contributed by atoms with E-state index in [9.17, 15) is 13.2 Å². The molecule has 1 aliphatic carbocycles. The molecular formula is C13H25N3O3S. The number of rotatable bonds is 5. The maximum absolute atomic E-state index is 12.0. The topological polar surface area (TPSA) is 78.5 Å². The Kier molecular flexibility index (Phi) is 5.80. The number of piperidine rings is 1. The summed E-state index contributed by atoms with van der Waals surface area (Å²) < 4.78 is 27.9. The second-order valence-electron chi connectivity index (χ2n) is 5.69. The van der Waals surface area contributed by atoms with Crippen LogP contribution in [-0.4, -0.2) is 44.3 Å². The highest BCUT2D eigenvalue weighted by Gasteiger charge is 2.24. The van der Waals surface area contributed by atoms with Gasteiger partial charge in [-0.15, -0.1) is 0 Å². The lowest BCUT2D eigenvalue weighted by molar-refractivity contribution is -0.120. The van der Waals surface area contributed by atoms with Crippen molar-refractivity contribution in [2.45, 2.75) is 57.4 Å². The minimum absolute atomic E-state index is 0.157. The maximum Gasteiger partial charge on any atom is 0.279 e. The van der Waals surface area contributed by atoms with Crippen LogP contribution in [0.1, 0.15) is 51.4 Å². The standard InChI is InChI=1S/C13H25N3O3S/c17-13(15-12-7-3-1-4-8-12)11-14-20(18,19)16-9-5-2-6-10-16/h12,14H,1-11H2,(H,15,17). The van der Waals surface area contributed by atoms with Crippen LogP contribution in [0.2, 0.25) is 0 Å². The van der Waals surface area contributed by atoms with Crippen LogP contribution >= 0.6 is 0 Å². The molecule has 1 saturated carbocycles. The molecule has 0 aromatic rings. The molecule has 0 unspecified atom stereocenters. The van der Waals surface area contributed by atoms with Crippen LogP contribution in [0.5, 0.6) is 0 Å². The summed E-state index contributed by atoms with van der Waals surface area (Å²) in [5.74, 6) is -0.225. The van der Waals surface area contributed by atoms with Crippen molar-refractivity contribution >= 4 is 16.1 Å². The Morgan fingerprint density at radius 2 is 1.60 bits per heavy atom. The normalized spacial score (nSPS) is 22.6. The first-order valence-corrected chi connectivity index (χ1v) is 9.06. The highest BCUT2D eigenvalue weighted by atomic mass is 32.2. The summed E-state index contributed by atoms with van der Waals surface area (Å²) >= 11 is 0. The van der Waals surface area contributed by atoms with E-state index in [-0.39, 0.29) is 18.5 Å². The average Bonchev–Trinajstić information content (AvgIpc) is 2.47. The van der Waals surface area contributed by atoms with Gasteiger partial charge in [-0.05, 0) is 25.7 Å². The maximum atomic E-state index is 12.0. The predicted octanol–water partition coefficient (Wildman–Crippen LogP) is 0.756. The first-order chi connectivity index (χ1) is 9.58. The monoisotopic (exact) mass is 303 g/mol. The zero-order valence-corrected chi connectivity index (χ0v) is 12.8. The molecule has 2 fully saturated rings. The van der Waals surface area contributed by atoms with Gasteiger partial charge < -0.3 is 5.32 Å². The molecule has 116 valence electrons. The van der Waals surface area contributed by atoms with Crippen LogP contribution in [0, 0.1) is 0 Å². The number of hydrogen-bond donors (Lipinski definition) is 2. The summed E-state index contributed by atoms with van der Waals surface area (Å²) in [5, 5.41) is 2.91. The molecule has 0 aromatic heterocycles. The van der Waals surface area contributed by atoms with Gasteiger partial charge >= 0.3 is 0 Å². The van der Waals surface area contributed by atoms with Crippen molar-refractivity contribution in [1.29, 1.82) is 0 Å². The Bertz CT molecular complexity index is 413. The summed E-state index contributed by atoms with van der Waals surface area (Å²) in [4.78, 5) is 11.8. The minimum atomic E-state index is -3.50. The molecule has 0 aromatic carbocycles. The van der Waals surface area contributed by atoms with Crippen molar-refractivity contribution in [2.24, 2.45) is 0 Å². The fourth-order valence-electron chi connectivity index (χ4n) is 2.88. The third-order valence-electron chi connectivity index (χ3n) is 4.04. The molecule has 1 heterocycles. The van der Waals surface area contributed by atoms with Gasteiger partial charge in [0, 0.05) is 19.1 Å². The fraction of sp³-hybridized carbons (Fsp3) is 0.923. The molecule has 0 radical (unpaired) electrons. The van der Waals surface area contributed by atoms with Gasteiger partial charge in [0.05, 0.1) is 6.54 Å². The van der Waals surface area contributed by atoms with Crippen molar-refractivity contribution in [3.05, 3.63) is 0 Å². The SMILES string of the molecule is O=C(CNS(=O)(=O)N1CCCCC1)NC1CCCCC1. The molecule has 0 bridgehead atoms. The van der Waals surface area contributed by atoms with Crippen LogP contribution < -0.4 is 10.0 Å². The average molecular weight is 303 g/mol. The van der Waals surface area contributed by atoms with Gasteiger partial charge in [0.1, 0.15) is 0 Å². The molecule has 2 rings (SSSR count). The number of carbonyl (C=O) groups excluding carboxylic acids is 1. The van der Waals surface area contributed by atoms with E-state index in [0.717, 1.165) is 44.9 Å². The van der Waals surface area contributed by atoms with Gasteiger partial charge in [0.2, 0.25) is 5.91 Å².